The van der Waals surface area contributed by atoms with E-state index in [2.05, 4.69) is 82.8 Å². The van der Waals surface area contributed by atoms with Crippen LogP contribution in [0.5, 0.6) is 0 Å². The minimum Gasteiger partial charge on any atom is -0.385 e. The smallest absolute Gasteiger partial charge is 0.0297 e. The van der Waals surface area contributed by atoms with E-state index < -0.39 is 0 Å². The first-order valence-corrected chi connectivity index (χ1v) is 12.6. The Balaban J connectivity index is 0.00000176. The molecule has 3 aliphatic rings. The van der Waals surface area contributed by atoms with Gasteiger partial charge < -0.3 is 10.2 Å². The van der Waals surface area contributed by atoms with Crippen LogP contribution in [0.2, 0.25) is 0 Å². The molecule has 2 aliphatic carbocycles. The monoisotopic (exact) mass is 436 g/mol. The minimum atomic E-state index is 0.483. The molecule has 32 heavy (non-hydrogen) atoms. The fourth-order valence-electron chi connectivity index (χ4n) is 5.23. The largest absolute Gasteiger partial charge is 0.385 e. The third kappa shape index (κ3) is 6.09. The normalized spacial score (nSPS) is 26.1. The van der Waals surface area contributed by atoms with Crippen LogP contribution in [-0.4, -0.2) is 24.5 Å². The third-order valence-corrected chi connectivity index (χ3v) is 7.98. The topological polar surface area (TPSA) is 15.3 Å². The molecular formula is C30H48N2. The summed E-state index contributed by atoms with van der Waals surface area (Å²) in [6.07, 6.45) is 13.6. The van der Waals surface area contributed by atoms with Crippen LogP contribution in [0.3, 0.4) is 0 Å². The van der Waals surface area contributed by atoms with Crippen LogP contribution in [0, 0.1) is 22.7 Å². The molecule has 0 aromatic rings. The Morgan fingerprint density at radius 1 is 1.06 bits per heavy atom. The molecule has 178 valence electrons. The van der Waals surface area contributed by atoms with Crippen LogP contribution in [-0.2, 0) is 0 Å². The van der Waals surface area contributed by atoms with Crippen LogP contribution < -0.4 is 5.32 Å². The summed E-state index contributed by atoms with van der Waals surface area (Å²) in [6.45, 7) is 31.1. The van der Waals surface area contributed by atoms with Gasteiger partial charge in [0, 0.05) is 36.9 Å². The molecule has 0 bridgehead atoms. The summed E-state index contributed by atoms with van der Waals surface area (Å²) in [5.41, 5.74) is 7.15. The van der Waals surface area contributed by atoms with Gasteiger partial charge in [0.05, 0.1) is 0 Å². The summed E-state index contributed by atoms with van der Waals surface area (Å²) in [6, 6.07) is 0. The SMILES string of the molecule is C=C\C=C(C)/C(=C\C)/C=C(\C)C(=C)NCC1CC12CCN(C(=C)C1CC1(C)C)CC2.CC. The highest BCUT2D eigenvalue weighted by Crippen LogP contribution is 2.61. The molecule has 2 nitrogen and oxygen atoms in total. The van der Waals surface area contributed by atoms with Crippen LogP contribution in [0.15, 0.2) is 72.2 Å². The number of hydrogen-bond acceptors (Lipinski definition) is 2. The number of nitrogens with zero attached hydrogens (tertiary/aromatic N) is 1. The highest BCUT2D eigenvalue weighted by molar-refractivity contribution is 5.44. The van der Waals surface area contributed by atoms with E-state index >= 15 is 0 Å². The summed E-state index contributed by atoms with van der Waals surface area (Å²) < 4.78 is 0. The fourth-order valence-corrected chi connectivity index (χ4v) is 5.23. The molecule has 1 N–H and O–H groups in total. The zero-order valence-electron chi connectivity index (χ0n) is 22.0. The number of allylic oxidation sites excluding steroid dienone is 8. The van der Waals surface area contributed by atoms with Crippen molar-refractivity contribution in [3.8, 4) is 0 Å². The number of piperidine rings is 1. The quantitative estimate of drug-likeness (QED) is 0.371. The molecule has 0 aromatic carbocycles. The molecule has 1 spiro atoms. The van der Waals surface area contributed by atoms with Gasteiger partial charge in [-0.25, -0.2) is 0 Å². The Morgan fingerprint density at radius 3 is 2.16 bits per heavy atom. The van der Waals surface area contributed by atoms with Gasteiger partial charge in [0.1, 0.15) is 0 Å². The standard InChI is InChI=1S/C28H42N2.C2H6/c1-9-11-20(3)24(10-2)16-21(4)22(5)29-19-25-17-28(25)12-14-30(15-13-28)23(6)26-18-27(26,7)8;1-2/h9-11,16,25-26,29H,1,5-6,12-15,17-19H2,2-4,7-8H3;1-2H3/b20-11-,21-16+,24-10-;. The van der Waals surface area contributed by atoms with E-state index in [9.17, 15) is 0 Å². The van der Waals surface area contributed by atoms with E-state index in [1.54, 1.807) is 0 Å². The lowest BCUT2D eigenvalue weighted by atomic mass is 9.90. The van der Waals surface area contributed by atoms with Crippen LogP contribution in [0.1, 0.15) is 74.1 Å². The third-order valence-electron chi connectivity index (χ3n) is 7.98. The van der Waals surface area contributed by atoms with Crippen molar-refractivity contribution in [3.63, 3.8) is 0 Å². The highest BCUT2D eigenvalue weighted by atomic mass is 15.2. The van der Waals surface area contributed by atoms with Crippen molar-refractivity contribution in [3.05, 3.63) is 72.2 Å². The van der Waals surface area contributed by atoms with Crippen molar-refractivity contribution in [1.82, 2.24) is 10.2 Å². The Kier molecular flexibility index (Phi) is 8.85. The predicted molar refractivity (Wildman–Crippen MR) is 142 cm³/mol. The maximum Gasteiger partial charge on any atom is 0.0297 e. The number of likely N-dealkylation sites (tertiary alicyclic amines) is 1. The molecule has 2 atom stereocenters. The predicted octanol–water partition coefficient (Wildman–Crippen LogP) is 7.80. The summed E-state index contributed by atoms with van der Waals surface area (Å²) in [5, 5.41) is 3.63. The van der Waals surface area contributed by atoms with Gasteiger partial charge in [-0.3, -0.25) is 0 Å². The Morgan fingerprint density at radius 2 is 1.66 bits per heavy atom. The van der Waals surface area contributed by atoms with Crippen molar-refractivity contribution < 1.29 is 0 Å². The minimum absolute atomic E-state index is 0.483. The zero-order valence-corrected chi connectivity index (χ0v) is 22.0. The molecule has 2 heteroatoms. The maximum absolute atomic E-state index is 4.44. The lowest BCUT2D eigenvalue weighted by Crippen LogP contribution is -2.36. The molecule has 2 unspecified atom stereocenters. The second kappa shape index (κ2) is 10.8. The van der Waals surface area contributed by atoms with Crippen LogP contribution in [0.4, 0.5) is 0 Å². The second-order valence-electron chi connectivity index (χ2n) is 10.5. The van der Waals surface area contributed by atoms with Gasteiger partial charge in [-0.05, 0) is 79.9 Å². The molecule has 1 saturated heterocycles. The van der Waals surface area contributed by atoms with E-state index in [-0.39, 0.29) is 0 Å². The molecule has 0 aromatic heterocycles. The zero-order chi connectivity index (χ0) is 24.1. The van der Waals surface area contributed by atoms with Crippen LogP contribution in [0.25, 0.3) is 0 Å². The maximum atomic E-state index is 4.44. The lowest BCUT2D eigenvalue weighted by Gasteiger charge is -2.36. The van der Waals surface area contributed by atoms with E-state index in [0.717, 1.165) is 18.2 Å². The van der Waals surface area contributed by atoms with Crippen LogP contribution >= 0.6 is 0 Å². The Bertz CT molecular complexity index is 797. The van der Waals surface area contributed by atoms with Crippen molar-refractivity contribution in [2.45, 2.75) is 74.1 Å². The highest BCUT2D eigenvalue weighted by Gasteiger charge is 2.55. The average molecular weight is 437 g/mol. The summed E-state index contributed by atoms with van der Waals surface area (Å²) in [5.74, 6) is 1.51. The average Bonchev–Trinajstić information content (AvgIpc) is 3.65. The molecule has 2 saturated carbocycles. The van der Waals surface area contributed by atoms with Crippen molar-refractivity contribution >= 4 is 0 Å². The first kappa shape index (κ1) is 26.3. The molecule has 3 rings (SSSR count). The van der Waals surface area contributed by atoms with E-state index in [0.29, 0.717) is 16.7 Å². The van der Waals surface area contributed by atoms with E-state index in [1.165, 1.54) is 61.2 Å². The first-order chi connectivity index (χ1) is 15.1. The van der Waals surface area contributed by atoms with Gasteiger partial charge in [0.25, 0.3) is 0 Å². The van der Waals surface area contributed by atoms with Gasteiger partial charge in [-0.2, -0.15) is 0 Å². The van der Waals surface area contributed by atoms with Gasteiger partial charge >= 0.3 is 0 Å². The number of nitrogens with one attached hydrogen (secondary N) is 1. The van der Waals surface area contributed by atoms with E-state index in [1.807, 2.05) is 19.9 Å². The molecule has 1 heterocycles. The Hall–Kier alpha value is -1.96. The molecule has 0 amide bonds. The van der Waals surface area contributed by atoms with Gasteiger partial charge in [0.15, 0.2) is 0 Å². The molecule has 3 fully saturated rings. The molecule has 1 aliphatic heterocycles. The van der Waals surface area contributed by atoms with E-state index in [4.69, 9.17) is 0 Å². The summed E-state index contributed by atoms with van der Waals surface area (Å²) >= 11 is 0. The fraction of sp³-hybridized carbons (Fsp3) is 0.600. The Labute approximate surface area is 198 Å². The van der Waals surface area contributed by atoms with Gasteiger partial charge in [-0.1, -0.05) is 71.7 Å². The van der Waals surface area contributed by atoms with Crippen molar-refractivity contribution in [2.24, 2.45) is 22.7 Å². The van der Waals surface area contributed by atoms with Gasteiger partial charge in [0.2, 0.25) is 0 Å². The lowest BCUT2D eigenvalue weighted by molar-refractivity contribution is 0.190. The van der Waals surface area contributed by atoms with Gasteiger partial charge in [-0.15, -0.1) is 0 Å². The molecular weight excluding hydrogens is 388 g/mol. The summed E-state index contributed by atoms with van der Waals surface area (Å²) in [7, 11) is 0. The first-order valence-electron chi connectivity index (χ1n) is 12.6. The van der Waals surface area contributed by atoms with Crippen molar-refractivity contribution in [2.75, 3.05) is 19.6 Å². The number of rotatable bonds is 9. The molecule has 0 radical (unpaired) electrons. The second-order valence-corrected chi connectivity index (χ2v) is 10.5. The van der Waals surface area contributed by atoms with Crippen molar-refractivity contribution in [1.29, 1.82) is 0 Å². The number of hydrogen-bond donors (Lipinski definition) is 1. The summed E-state index contributed by atoms with van der Waals surface area (Å²) in [4.78, 5) is 2.58.